The molecule has 4 rings (SSSR count). The number of β-amino-alcohol motifs (C(OH)–C–C–N with tert-alkyl or cyclic N) is 1. The monoisotopic (exact) mass is 349 g/mol. The molecule has 4 heteroatoms. The number of fused-ring (bicyclic) bond motifs is 1. The highest BCUT2D eigenvalue weighted by Crippen LogP contribution is 2.26. The van der Waals surface area contributed by atoms with Crippen molar-refractivity contribution in [3.63, 3.8) is 0 Å². The van der Waals surface area contributed by atoms with Crippen LogP contribution in [0.2, 0.25) is 0 Å². The zero-order chi connectivity index (χ0) is 18.1. The molecule has 0 amide bonds. The number of hydrogen-bond acceptors (Lipinski definition) is 3. The Morgan fingerprint density at radius 3 is 2.58 bits per heavy atom. The zero-order valence-electron chi connectivity index (χ0n) is 15.6. The lowest BCUT2D eigenvalue weighted by Gasteiger charge is -2.37. The summed E-state index contributed by atoms with van der Waals surface area (Å²) in [6.45, 7) is 9.03. The molecule has 0 spiro atoms. The van der Waals surface area contributed by atoms with Gasteiger partial charge in [0.25, 0.3) is 0 Å². The molecule has 1 aliphatic heterocycles. The number of aliphatic hydroxyl groups excluding tert-OH is 1. The van der Waals surface area contributed by atoms with E-state index >= 15 is 0 Å². The van der Waals surface area contributed by atoms with Crippen molar-refractivity contribution in [2.24, 2.45) is 0 Å². The summed E-state index contributed by atoms with van der Waals surface area (Å²) < 4.78 is 0. The van der Waals surface area contributed by atoms with E-state index in [4.69, 9.17) is 0 Å². The van der Waals surface area contributed by atoms with Crippen molar-refractivity contribution >= 4 is 16.6 Å². The summed E-state index contributed by atoms with van der Waals surface area (Å²) in [5, 5.41) is 11.9. The van der Waals surface area contributed by atoms with E-state index in [0.717, 1.165) is 42.6 Å². The highest BCUT2D eigenvalue weighted by molar-refractivity contribution is 5.83. The second-order valence-electron chi connectivity index (χ2n) is 7.31. The molecule has 0 radical (unpaired) electrons. The third-order valence-electron chi connectivity index (χ3n) is 5.70. The molecular formula is C22H27N3O. The molecule has 2 aromatic carbocycles. The first-order chi connectivity index (χ1) is 12.6. The van der Waals surface area contributed by atoms with Crippen LogP contribution >= 0.6 is 0 Å². The summed E-state index contributed by atoms with van der Waals surface area (Å²) in [5.41, 5.74) is 6.15. The van der Waals surface area contributed by atoms with E-state index in [1.54, 1.807) is 0 Å². The van der Waals surface area contributed by atoms with Gasteiger partial charge in [0.05, 0.1) is 6.10 Å². The molecular weight excluding hydrogens is 322 g/mol. The fourth-order valence-electron chi connectivity index (χ4n) is 3.96. The van der Waals surface area contributed by atoms with Crippen LogP contribution in [0.5, 0.6) is 0 Å². The lowest BCUT2D eigenvalue weighted by Crippen LogP contribution is -2.47. The Bertz CT molecular complexity index is 893. The van der Waals surface area contributed by atoms with E-state index < -0.39 is 6.10 Å². The number of aromatic amines is 1. The molecule has 1 fully saturated rings. The van der Waals surface area contributed by atoms with Crippen molar-refractivity contribution in [1.29, 1.82) is 0 Å². The number of aliphatic hydroxyl groups is 1. The lowest BCUT2D eigenvalue weighted by atomic mass is 10.1. The fourth-order valence-corrected chi connectivity index (χ4v) is 3.96. The molecule has 0 saturated carbocycles. The van der Waals surface area contributed by atoms with Crippen molar-refractivity contribution in [3.05, 3.63) is 65.4 Å². The Morgan fingerprint density at radius 2 is 1.77 bits per heavy atom. The number of H-pyrrole nitrogens is 1. The highest BCUT2D eigenvalue weighted by atomic mass is 16.3. The quantitative estimate of drug-likeness (QED) is 0.756. The van der Waals surface area contributed by atoms with E-state index in [2.05, 4.69) is 59.0 Å². The van der Waals surface area contributed by atoms with Gasteiger partial charge in [-0.3, -0.25) is 4.90 Å². The molecule has 1 aromatic heterocycles. The normalized spacial score (nSPS) is 17.0. The Balaban J connectivity index is 1.40. The Labute approximate surface area is 155 Å². The van der Waals surface area contributed by atoms with E-state index in [9.17, 15) is 5.11 Å². The van der Waals surface area contributed by atoms with Crippen LogP contribution in [0.25, 0.3) is 10.9 Å². The Kier molecular flexibility index (Phi) is 4.70. The van der Waals surface area contributed by atoms with Crippen LogP contribution in [0.15, 0.2) is 48.7 Å². The Morgan fingerprint density at radius 1 is 1.00 bits per heavy atom. The summed E-state index contributed by atoms with van der Waals surface area (Å²) in [5.74, 6) is 0. The van der Waals surface area contributed by atoms with Gasteiger partial charge in [0.2, 0.25) is 0 Å². The number of para-hydroxylation sites is 1. The van der Waals surface area contributed by atoms with E-state index in [-0.39, 0.29) is 0 Å². The summed E-state index contributed by atoms with van der Waals surface area (Å²) in [6.07, 6.45) is 1.49. The van der Waals surface area contributed by atoms with E-state index in [0.29, 0.717) is 6.54 Å². The van der Waals surface area contributed by atoms with Crippen LogP contribution in [-0.4, -0.2) is 47.7 Å². The largest absolute Gasteiger partial charge is 0.387 e. The first-order valence-corrected chi connectivity index (χ1v) is 9.41. The third kappa shape index (κ3) is 3.22. The van der Waals surface area contributed by atoms with Crippen molar-refractivity contribution < 1.29 is 5.11 Å². The van der Waals surface area contributed by atoms with Crippen LogP contribution in [-0.2, 0) is 0 Å². The van der Waals surface area contributed by atoms with Crippen molar-refractivity contribution in [2.75, 3.05) is 37.6 Å². The molecule has 136 valence electrons. The fraction of sp³-hybridized carbons (Fsp3) is 0.364. The molecule has 0 unspecified atom stereocenters. The van der Waals surface area contributed by atoms with Crippen molar-refractivity contribution in [1.82, 2.24) is 9.88 Å². The van der Waals surface area contributed by atoms with Crippen LogP contribution in [0.1, 0.15) is 22.8 Å². The number of benzene rings is 2. The topological polar surface area (TPSA) is 42.5 Å². The van der Waals surface area contributed by atoms with Gasteiger partial charge in [0.1, 0.15) is 0 Å². The number of rotatable bonds is 4. The maximum Gasteiger partial charge on any atom is 0.0937 e. The number of nitrogens with one attached hydrogen (secondary N) is 1. The molecule has 1 atom stereocenters. The molecule has 0 bridgehead atoms. The molecule has 1 aliphatic rings. The summed E-state index contributed by atoms with van der Waals surface area (Å²) in [6, 6.07) is 14.7. The predicted octanol–water partition coefficient (Wildman–Crippen LogP) is 3.64. The zero-order valence-corrected chi connectivity index (χ0v) is 15.6. The first kappa shape index (κ1) is 17.1. The van der Waals surface area contributed by atoms with Gasteiger partial charge >= 0.3 is 0 Å². The number of piperazine rings is 1. The number of nitrogens with zero attached hydrogens (tertiary/aromatic N) is 2. The number of anilines is 1. The maximum absolute atomic E-state index is 10.7. The summed E-state index contributed by atoms with van der Waals surface area (Å²) in [4.78, 5) is 8.10. The minimum Gasteiger partial charge on any atom is -0.387 e. The molecule has 4 nitrogen and oxygen atoms in total. The van der Waals surface area contributed by atoms with Gasteiger partial charge in [-0.05, 0) is 37.1 Å². The number of aromatic nitrogens is 1. The SMILES string of the molecule is Cc1cccc(N2CCN(C[C@H](O)c3c[nH]c4ccccc34)CC2)c1C. The van der Waals surface area contributed by atoms with Crippen molar-refractivity contribution in [3.8, 4) is 0 Å². The standard InChI is InChI=1S/C22H27N3O/c1-16-6-5-9-21(17(16)2)25-12-10-24(11-13-25)15-22(26)19-14-23-20-8-4-3-7-18(19)20/h3-9,14,22-23,26H,10-13,15H2,1-2H3/t22-/m0/s1. The second kappa shape index (κ2) is 7.14. The van der Waals surface area contributed by atoms with E-state index in [1.165, 1.54) is 16.8 Å². The van der Waals surface area contributed by atoms with Gasteiger partial charge < -0.3 is 15.0 Å². The average molecular weight is 349 g/mol. The molecule has 0 aliphatic carbocycles. The minimum absolute atomic E-state index is 0.460. The van der Waals surface area contributed by atoms with Gasteiger partial charge in [0.15, 0.2) is 0 Å². The molecule has 1 saturated heterocycles. The maximum atomic E-state index is 10.7. The Hall–Kier alpha value is -2.30. The minimum atomic E-state index is -0.460. The van der Waals surface area contributed by atoms with Crippen molar-refractivity contribution in [2.45, 2.75) is 20.0 Å². The smallest absolute Gasteiger partial charge is 0.0937 e. The summed E-state index contributed by atoms with van der Waals surface area (Å²) in [7, 11) is 0. The lowest BCUT2D eigenvalue weighted by molar-refractivity contribution is 0.110. The van der Waals surface area contributed by atoms with Crippen LogP contribution in [0.4, 0.5) is 5.69 Å². The van der Waals surface area contributed by atoms with Crippen LogP contribution < -0.4 is 4.90 Å². The number of aryl methyl sites for hydroxylation is 1. The summed E-state index contributed by atoms with van der Waals surface area (Å²) >= 11 is 0. The average Bonchev–Trinajstić information content (AvgIpc) is 3.09. The van der Waals surface area contributed by atoms with Crippen LogP contribution in [0, 0.1) is 13.8 Å². The van der Waals surface area contributed by atoms with Gasteiger partial charge in [-0.25, -0.2) is 0 Å². The number of hydrogen-bond donors (Lipinski definition) is 2. The molecule has 3 aromatic rings. The van der Waals surface area contributed by atoms with Gasteiger partial charge in [-0.2, -0.15) is 0 Å². The van der Waals surface area contributed by atoms with Gasteiger partial charge in [0, 0.05) is 61.1 Å². The first-order valence-electron chi connectivity index (χ1n) is 9.41. The van der Waals surface area contributed by atoms with Crippen LogP contribution in [0.3, 0.4) is 0 Å². The predicted molar refractivity (Wildman–Crippen MR) is 108 cm³/mol. The second-order valence-corrected chi connectivity index (χ2v) is 7.31. The highest BCUT2D eigenvalue weighted by Gasteiger charge is 2.22. The van der Waals surface area contributed by atoms with Gasteiger partial charge in [-0.1, -0.05) is 30.3 Å². The molecule has 2 heterocycles. The molecule has 26 heavy (non-hydrogen) atoms. The third-order valence-corrected chi connectivity index (χ3v) is 5.70. The van der Waals surface area contributed by atoms with Gasteiger partial charge in [-0.15, -0.1) is 0 Å². The van der Waals surface area contributed by atoms with E-state index in [1.807, 2.05) is 18.3 Å². The molecule has 2 N–H and O–H groups in total.